The van der Waals surface area contributed by atoms with Crippen LogP contribution in [-0.2, 0) is 0 Å². The van der Waals surface area contributed by atoms with Gasteiger partial charge in [0.1, 0.15) is 5.75 Å². The summed E-state index contributed by atoms with van der Waals surface area (Å²) in [7, 11) is 0. The number of carbonyl (C=O) groups excluding carboxylic acids is 1. The Hall–Kier alpha value is -1.89. The Balaban J connectivity index is 0.00000144. The van der Waals surface area contributed by atoms with Gasteiger partial charge in [-0.05, 0) is 37.6 Å². The van der Waals surface area contributed by atoms with Crippen molar-refractivity contribution in [2.45, 2.75) is 18.9 Å². The van der Waals surface area contributed by atoms with Crippen LogP contribution >= 0.6 is 24.8 Å². The maximum absolute atomic E-state index is 12.3. The number of hydrogen-bond acceptors (Lipinski definition) is 5. The van der Waals surface area contributed by atoms with Crippen LogP contribution in [0.1, 0.15) is 23.2 Å². The molecule has 1 fully saturated rings. The topological polar surface area (TPSA) is 76.1 Å². The van der Waals surface area contributed by atoms with Crippen LogP contribution in [0.25, 0.3) is 0 Å². The van der Waals surface area contributed by atoms with Gasteiger partial charge in [-0.3, -0.25) is 9.78 Å². The minimum Gasteiger partial charge on any atom is -0.437 e. The van der Waals surface area contributed by atoms with E-state index in [-0.39, 0.29) is 36.8 Å². The molecule has 0 radical (unpaired) electrons. The minimum absolute atomic E-state index is 0. The summed E-state index contributed by atoms with van der Waals surface area (Å²) in [6.07, 6.45) is 6.76. The number of rotatable bonds is 4. The summed E-state index contributed by atoms with van der Waals surface area (Å²) in [6.45, 7) is 1.84. The Labute approximate surface area is 153 Å². The van der Waals surface area contributed by atoms with Crippen molar-refractivity contribution in [1.82, 2.24) is 20.6 Å². The van der Waals surface area contributed by atoms with Gasteiger partial charge in [-0.15, -0.1) is 24.8 Å². The number of nitrogens with one attached hydrogen (secondary N) is 2. The Kier molecular flexibility index (Phi) is 8.46. The smallest absolute Gasteiger partial charge is 0.251 e. The molecule has 1 atom stereocenters. The first-order valence-electron chi connectivity index (χ1n) is 7.37. The first-order chi connectivity index (χ1) is 10.8. The molecule has 1 aliphatic heterocycles. The summed E-state index contributed by atoms with van der Waals surface area (Å²) in [4.78, 5) is 20.3. The van der Waals surface area contributed by atoms with Crippen molar-refractivity contribution in [3.8, 4) is 11.6 Å². The number of hydrogen-bond donors (Lipinski definition) is 2. The molecule has 1 amide bonds. The fraction of sp³-hybridized carbons (Fsp3) is 0.312. The second-order valence-corrected chi connectivity index (χ2v) is 5.19. The number of nitrogens with zero attached hydrogens (tertiary/aromatic N) is 2. The highest BCUT2D eigenvalue weighted by atomic mass is 35.5. The Morgan fingerprint density at radius 1 is 1.29 bits per heavy atom. The van der Waals surface area contributed by atoms with E-state index >= 15 is 0 Å². The Morgan fingerprint density at radius 2 is 2.17 bits per heavy atom. The highest BCUT2D eigenvalue weighted by Crippen LogP contribution is 2.19. The van der Waals surface area contributed by atoms with E-state index < -0.39 is 0 Å². The van der Waals surface area contributed by atoms with Gasteiger partial charge in [0.05, 0.1) is 6.20 Å². The highest BCUT2D eigenvalue weighted by molar-refractivity contribution is 5.94. The largest absolute Gasteiger partial charge is 0.437 e. The van der Waals surface area contributed by atoms with Crippen molar-refractivity contribution in [2.24, 2.45) is 0 Å². The average molecular weight is 371 g/mol. The van der Waals surface area contributed by atoms with Gasteiger partial charge in [0.25, 0.3) is 5.91 Å². The van der Waals surface area contributed by atoms with E-state index in [2.05, 4.69) is 20.6 Å². The average Bonchev–Trinajstić information content (AvgIpc) is 2.57. The van der Waals surface area contributed by atoms with Crippen molar-refractivity contribution in [2.75, 3.05) is 13.1 Å². The number of aromatic nitrogens is 2. The third-order valence-corrected chi connectivity index (χ3v) is 3.49. The van der Waals surface area contributed by atoms with Gasteiger partial charge in [0.2, 0.25) is 5.88 Å². The van der Waals surface area contributed by atoms with Crippen molar-refractivity contribution in [3.05, 3.63) is 48.4 Å². The molecule has 0 aliphatic carbocycles. The molecule has 6 nitrogen and oxygen atoms in total. The third-order valence-electron chi connectivity index (χ3n) is 3.49. The maximum Gasteiger partial charge on any atom is 0.251 e. The lowest BCUT2D eigenvalue weighted by molar-refractivity contribution is 0.0930. The van der Waals surface area contributed by atoms with Gasteiger partial charge in [-0.2, -0.15) is 0 Å². The minimum atomic E-state index is -0.0849. The molecule has 0 saturated carbocycles. The molecule has 0 unspecified atom stereocenters. The molecule has 1 aromatic carbocycles. The number of amides is 1. The van der Waals surface area contributed by atoms with Crippen LogP contribution in [0.3, 0.4) is 0 Å². The van der Waals surface area contributed by atoms with Gasteiger partial charge in [0, 0.05) is 30.5 Å². The molecule has 0 bridgehead atoms. The number of ether oxygens (including phenoxy) is 1. The summed E-state index contributed by atoms with van der Waals surface area (Å²) >= 11 is 0. The highest BCUT2D eigenvalue weighted by Gasteiger charge is 2.16. The van der Waals surface area contributed by atoms with E-state index in [1.807, 2.05) is 0 Å². The number of halogens is 2. The molecule has 1 saturated heterocycles. The standard InChI is InChI=1S/C16H18N4O2.2ClH/c21-16(20-13-4-2-6-17-10-13)12-3-1-5-14(9-12)22-15-11-18-7-8-19-15;;/h1,3,5,7-9,11,13,17H,2,4,6,10H2,(H,20,21);2*1H/t13-;;/m0../s1. The van der Waals surface area contributed by atoms with Crippen LogP contribution in [0.2, 0.25) is 0 Å². The summed E-state index contributed by atoms with van der Waals surface area (Å²) in [5, 5.41) is 6.32. The Morgan fingerprint density at radius 3 is 2.88 bits per heavy atom. The summed E-state index contributed by atoms with van der Waals surface area (Å²) in [5.41, 5.74) is 0.576. The SMILES string of the molecule is Cl.Cl.O=C(N[C@H]1CCCNC1)c1cccc(Oc2cnccn2)c1. The van der Waals surface area contributed by atoms with E-state index in [0.29, 0.717) is 17.2 Å². The number of carbonyl (C=O) groups is 1. The van der Waals surface area contributed by atoms with Crippen LogP contribution in [0, 0.1) is 0 Å². The molecule has 130 valence electrons. The van der Waals surface area contributed by atoms with E-state index in [1.165, 1.54) is 6.20 Å². The van der Waals surface area contributed by atoms with Crippen LogP contribution < -0.4 is 15.4 Å². The van der Waals surface area contributed by atoms with Crippen molar-refractivity contribution in [3.63, 3.8) is 0 Å². The molecular formula is C16H20Cl2N4O2. The zero-order valence-electron chi connectivity index (χ0n) is 13.0. The second-order valence-electron chi connectivity index (χ2n) is 5.19. The zero-order valence-corrected chi connectivity index (χ0v) is 14.6. The van der Waals surface area contributed by atoms with Gasteiger partial charge >= 0.3 is 0 Å². The molecule has 2 N–H and O–H groups in total. The van der Waals surface area contributed by atoms with Gasteiger partial charge in [0.15, 0.2) is 0 Å². The summed E-state index contributed by atoms with van der Waals surface area (Å²) < 4.78 is 5.59. The lowest BCUT2D eigenvalue weighted by atomic mass is 10.1. The summed E-state index contributed by atoms with van der Waals surface area (Å²) in [5.74, 6) is 0.879. The lowest BCUT2D eigenvalue weighted by Crippen LogP contribution is -2.45. The number of piperidine rings is 1. The monoisotopic (exact) mass is 370 g/mol. The lowest BCUT2D eigenvalue weighted by Gasteiger charge is -2.23. The molecule has 3 rings (SSSR count). The van der Waals surface area contributed by atoms with Crippen molar-refractivity contribution < 1.29 is 9.53 Å². The van der Waals surface area contributed by atoms with E-state index in [9.17, 15) is 4.79 Å². The molecule has 1 aromatic heterocycles. The van der Waals surface area contributed by atoms with Crippen LogP contribution in [-0.4, -0.2) is 35.0 Å². The van der Waals surface area contributed by atoms with Crippen LogP contribution in [0.4, 0.5) is 0 Å². The zero-order chi connectivity index (χ0) is 15.2. The van der Waals surface area contributed by atoms with E-state index in [4.69, 9.17) is 4.74 Å². The second kappa shape index (κ2) is 10.1. The normalized spacial score (nSPS) is 16.2. The fourth-order valence-electron chi connectivity index (χ4n) is 2.40. The first-order valence-corrected chi connectivity index (χ1v) is 7.37. The quantitative estimate of drug-likeness (QED) is 0.864. The summed E-state index contributed by atoms with van der Waals surface area (Å²) in [6, 6.07) is 7.24. The van der Waals surface area contributed by atoms with E-state index in [1.54, 1.807) is 36.7 Å². The predicted octanol–water partition coefficient (Wildman–Crippen LogP) is 2.59. The van der Waals surface area contributed by atoms with Crippen molar-refractivity contribution >= 4 is 30.7 Å². The van der Waals surface area contributed by atoms with Gasteiger partial charge in [-0.1, -0.05) is 6.07 Å². The molecule has 0 spiro atoms. The third kappa shape index (κ3) is 5.63. The predicted molar refractivity (Wildman–Crippen MR) is 96.4 cm³/mol. The molecule has 2 aromatic rings. The first kappa shape index (κ1) is 20.2. The van der Waals surface area contributed by atoms with Crippen molar-refractivity contribution in [1.29, 1.82) is 0 Å². The van der Waals surface area contributed by atoms with Gasteiger partial charge in [-0.25, -0.2) is 4.98 Å². The molecule has 2 heterocycles. The Bertz CT molecular complexity index is 637. The number of benzene rings is 1. The van der Waals surface area contributed by atoms with Crippen LogP contribution in [0.15, 0.2) is 42.9 Å². The van der Waals surface area contributed by atoms with Crippen LogP contribution in [0.5, 0.6) is 11.6 Å². The molecule has 1 aliphatic rings. The molecule has 8 heteroatoms. The molecular weight excluding hydrogens is 351 g/mol. The molecule has 24 heavy (non-hydrogen) atoms. The fourth-order valence-corrected chi connectivity index (χ4v) is 2.40. The van der Waals surface area contributed by atoms with E-state index in [0.717, 1.165) is 25.9 Å². The maximum atomic E-state index is 12.3. The van der Waals surface area contributed by atoms with Gasteiger partial charge < -0.3 is 15.4 Å².